The van der Waals surface area contributed by atoms with Crippen LogP contribution in [0.2, 0.25) is 0 Å². The Morgan fingerprint density at radius 3 is 1.62 bits per heavy atom. The van der Waals surface area contributed by atoms with Crippen LogP contribution in [0.15, 0.2) is 206 Å². The van der Waals surface area contributed by atoms with E-state index < -0.39 is 114 Å². The van der Waals surface area contributed by atoms with Gasteiger partial charge in [-0.05, 0) is 52.0 Å². The average Bonchev–Trinajstić information content (AvgIpc) is 3.76. The highest BCUT2D eigenvalue weighted by Gasteiger charge is 2.23. The number of benzene rings is 8. The smallest absolute Gasteiger partial charge is 0.166 e. The van der Waals surface area contributed by atoms with Crippen LogP contribution < -0.4 is 0 Å². The van der Waals surface area contributed by atoms with Gasteiger partial charge in [0.1, 0.15) is 0 Å². The van der Waals surface area contributed by atoms with E-state index in [4.69, 9.17) is 26.4 Å². The van der Waals surface area contributed by atoms with E-state index in [9.17, 15) is 6.85 Å². The minimum atomic E-state index is -0.757. The van der Waals surface area contributed by atoms with Crippen molar-refractivity contribution >= 4 is 21.8 Å². The van der Waals surface area contributed by atoms with Crippen LogP contribution in [0.1, 0.15) is 23.3 Å². The number of hydrogen-bond acceptors (Lipinski definition) is 3. The second-order valence-corrected chi connectivity index (χ2v) is 12.3. The topological polar surface area (TPSA) is 43.6 Å². The molecule has 0 aliphatic carbocycles. The molecule has 0 radical (unpaired) electrons. The van der Waals surface area contributed by atoms with E-state index in [2.05, 4.69) is 4.98 Å². The molecule has 4 nitrogen and oxygen atoms in total. The summed E-state index contributed by atoms with van der Waals surface area (Å²) in [4.78, 5) is 14.4. The lowest BCUT2D eigenvalue weighted by Crippen LogP contribution is -2.05. The molecule has 0 bridgehead atoms. The third-order valence-corrected chi connectivity index (χ3v) is 9.10. The summed E-state index contributed by atoms with van der Waals surface area (Å²) in [7, 11) is 0. The quantitative estimate of drug-likeness (QED) is 0.165. The zero-order valence-electron chi connectivity index (χ0n) is 45.6. The lowest BCUT2D eigenvalue weighted by molar-refractivity contribution is 1.06. The Morgan fingerprint density at radius 1 is 0.345 bits per heavy atom. The first-order valence-corrected chi connectivity index (χ1v) is 17.1. The van der Waals surface area contributed by atoms with Crippen molar-refractivity contribution in [3.8, 4) is 73.2 Å². The summed E-state index contributed by atoms with van der Waals surface area (Å²) in [5.41, 5.74) is 1.31. The molecule has 4 heteroatoms. The zero-order valence-corrected chi connectivity index (χ0v) is 28.6. The molecule has 0 fully saturated rings. The molecule has 258 valence electrons. The molecule has 0 unspecified atom stereocenters. The lowest BCUT2D eigenvalue weighted by Gasteiger charge is -2.19. The molecule has 0 saturated carbocycles. The van der Waals surface area contributed by atoms with Crippen LogP contribution in [0.3, 0.4) is 0 Å². The first kappa shape index (κ1) is 19.1. The highest BCUT2D eigenvalue weighted by Crippen LogP contribution is 2.42. The Morgan fingerprint density at radius 2 is 0.891 bits per heavy atom. The Hall–Kier alpha value is -7.43. The number of nitrogens with zero attached hydrogens (tertiary/aromatic N) is 4. The summed E-state index contributed by atoms with van der Waals surface area (Å²) in [6.45, 7) is 0. The van der Waals surface area contributed by atoms with Gasteiger partial charge in [-0.1, -0.05) is 182 Å². The summed E-state index contributed by atoms with van der Waals surface area (Å²) in [5.74, 6) is -0.449. The Balaban J connectivity index is 1.41. The molecule has 10 aromatic rings. The summed E-state index contributed by atoms with van der Waals surface area (Å²) in [5, 5.41) is -0.566. The minimum absolute atomic E-state index is 0.0152. The predicted octanol–water partition coefficient (Wildman–Crippen LogP) is 13.0. The monoisotopic (exact) mass is 719 g/mol. The van der Waals surface area contributed by atoms with Crippen molar-refractivity contribution in [3.63, 3.8) is 0 Å². The molecular formula is C51H34N4. The van der Waals surface area contributed by atoms with Crippen LogP contribution in [-0.4, -0.2) is 19.5 Å². The fourth-order valence-electron chi connectivity index (χ4n) is 6.60. The van der Waals surface area contributed by atoms with Crippen molar-refractivity contribution in [1.82, 2.24) is 19.5 Å². The van der Waals surface area contributed by atoms with Gasteiger partial charge in [0.15, 0.2) is 17.5 Å². The van der Waals surface area contributed by atoms with Gasteiger partial charge in [-0.3, -0.25) is 0 Å². The van der Waals surface area contributed by atoms with E-state index in [0.717, 1.165) is 11.1 Å². The molecule has 0 N–H and O–H groups in total. The van der Waals surface area contributed by atoms with E-state index in [1.165, 1.54) is 4.57 Å². The minimum Gasteiger partial charge on any atom is -0.308 e. The number of aromatic nitrogens is 4. The normalized spacial score (nSPS) is 15.6. The zero-order chi connectivity index (χ0) is 51.3. The molecule has 10 rings (SSSR count). The van der Waals surface area contributed by atoms with Gasteiger partial charge in [-0.15, -0.1) is 0 Å². The molecule has 0 amide bonds. The highest BCUT2D eigenvalue weighted by molar-refractivity contribution is 6.11. The van der Waals surface area contributed by atoms with Crippen molar-refractivity contribution in [2.45, 2.75) is 0 Å². The van der Waals surface area contributed by atoms with Crippen molar-refractivity contribution in [2.24, 2.45) is 0 Å². The van der Waals surface area contributed by atoms with Crippen molar-refractivity contribution < 1.29 is 23.3 Å². The summed E-state index contributed by atoms with van der Waals surface area (Å²) in [6.07, 6.45) is 0. The van der Waals surface area contributed by atoms with Gasteiger partial charge in [-0.2, -0.15) is 0 Å². The van der Waals surface area contributed by atoms with Crippen LogP contribution in [0.5, 0.6) is 0 Å². The summed E-state index contributed by atoms with van der Waals surface area (Å²) >= 11 is 0. The fourth-order valence-corrected chi connectivity index (χ4v) is 6.60. The summed E-state index contributed by atoms with van der Waals surface area (Å²) in [6, 6.07) is 19.0. The molecule has 0 aliphatic heterocycles. The fraction of sp³-hybridized carbons (Fsp3) is 0. The Kier molecular flexibility index (Phi) is 4.80. The molecule has 2 aromatic heterocycles. The van der Waals surface area contributed by atoms with Crippen LogP contribution in [0, 0.1) is 0 Å². The molecule has 2 heterocycles. The second-order valence-electron chi connectivity index (χ2n) is 12.3. The first-order chi connectivity index (χ1) is 34.3. The van der Waals surface area contributed by atoms with E-state index >= 15 is 0 Å². The molecule has 0 atom stereocenters. The van der Waals surface area contributed by atoms with E-state index in [0.29, 0.717) is 16.7 Å². The maximum atomic E-state index is 9.81. The van der Waals surface area contributed by atoms with Crippen LogP contribution in [0.25, 0.3) is 95.0 Å². The second kappa shape index (κ2) is 13.8. The van der Waals surface area contributed by atoms with Crippen LogP contribution >= 0.6 is 0 Å². The Bertz CT molecular complexity index is 3880. The third kappa shape index (κ3) is 5.96. The maximum absolute atomic E-state index is 9.81. The van der Waals surface area contributed by atoms with Crippen molar-refractivity contribution in [3.05, 3.63) is 206 Å². The molecule has 0 spiro atoms. The average molecular weight is 720 g/mol. The Labute approximate surface area is 343 Å². The third-order valence-electron chi connectivity index (χ3n) is 9.10. The lowest BCUT2D eigenvalue weighted by atomic mass is 9.96. The molecule has 0 saturated heterocycles. The predicted molar refractivity (Wildman–Crippen MR) is 227 cm³/mol. The SMILES string of the molecule is [2H]c1c([2H])c([2H])c(-c2nc(-c3ccccc3)nc(-c3cccc(-c4ccc(-c5ccccc5)cc4)c3-n3c4c([2H])c([2H])c([2H])c([2H])c4c4c([2H])c(-c5c([2H])c([2H])c([2H])c([2H])c5[2H])c([2H])c([2H])c43)n2)c([2H])c1[2H]. The number of rotatable bonds is 7. The van der Waals surface area contributed by atoms with Gasteiger partial charge in [0, 0.05) is 33.0 Å². The molecule has 55 heavy (non-hydrogen) atoms. The van der Waals surface area contributed by atoms with E-state index in [1.54, 1.807) is 48.5 Å². The largest absolute Gasteiger partial charge is 0.308 e. The van der Waals surface area contributed by atoms with Gasteiger partial charge in [0.05, 0.1) is 40.0 Å². The highest BCUT2D eigenvalue weighted by atomic mass is 15.1. The van der Waals surface area contributed by atoms with Gasteiger partial charge in [0.2, 0.25) is 0 Å². The maximum Gasteiger partial charge on any atom is 0.166 e. The van der Waals surface area contributed by atoms with Crippen molar-refractivity contribution in [2.75, 3.05) is 0 Å². The first-order valence-electron chi connectivity index (χ1n) is 25.6. The van der Waals surface area contributed by atoms with Crippen LogP contribution in [0.4, 0.5) is 0 Å². The molecule has 0 aliphatic rings. The standard InChI is InChI=1S/C51H34N4/c1-5-16-35(17-6-1)37-28-30-38(31-29-37)42-25-15-26-44(51-53-49(39-20-9-3-10-21-39)52-50(54-51)40-22-11-4-12-23-40)48(42)55-46-27-14-13-24-43(46)45-34-41(32-33-47(45)55)36-18-7-2-8-19-36/h1-34H/i2D,3D,7D,8D,9D,10D,13D,14D,18D,19D,20D,21D,24D,27D,32D,33D,34D. The number of para-hydroxylation sites is 2. The van der Waals surface area contributed by atoms with Gasteiger partial charge < -0.3 is 4.57 Å². The van der Waals surface area contributed by atoms with E-state index in [1.807, 2.05) is 54.6 Å². The molecule has 8 aromatic carbocycles. The molecular weight excluding hydrogens is 669 g/mol. The van der Waals surface area contributed by atoms with Crippen molar-refractivity contribution in [1.29, 1.82) is 0 Å². The van der Waals surface area contributed by atoms with E-state index in [-0.39, 0.29) is 56.1 Å². The number of hydrogen-bond donors (Lipinski definition) is 0. The summed E-state index contributed by atoms with van der Waals surface area (Å²) < 4.78 is 153. The number of fused-ring (bicyclic) bond motifs is 3. The van der Waals surface area contributed by atoms with Gasteiger partial charge in [-0.25, -0.2) is 15.0 Å². The van der Waals surface area contributed by atoms with Gasteiger partial charge in [0.25, 0.3) is 0 Å². The van der Waals surface area contributed by atoms with Gasteiger partial charge >= 0.3 is 0 Å². The van der Waals surface area contributed by atoms with Crippen LogP contribution in [-0.2, 0) is 0 Å².